The zero-order chi connectivity index (χ0) is 22.7. The molecular formula is C23H29BrN6O2. The molecule has 2 aliphatic rings. The summed E-state index contributed by atoms with van der Waals surface area (Å²) >= 11 is 3.53. The molecule has 32 heavy (non-hydrogen) atoms. The van der Waals surface area contributed by atoms with Crippen LogP contribution in [0.15, 0.2) is 34.9 Å². The monoisotopic (exact) mass is 500 g/mol. The van der Waals surface area contributed by atoms with Gasteiger partial charge in [-0.25, -0.2) is 9.97 Å². The Labute approximate surface area is 196 Å². The molecule has 0 bridgehead atoms. The van der Waals surface area contributed by atoms with Gasteiger partial charge in [0.15, 0.2) is 0 Å². The van der Waals surface area contributed by atoms with Gasteiger partial charge >= 0.3 is 0 Å². The van der Waals surface area contributed by atoms with Crippen molar-refractivity contribution in [2.24, 2.45) is 17.6 Å². The number of halogens is 1. The third kappa shape index (κ3) is 5.27. The highest BCUT2D eigenvalue weighted by atomic mass is 79.9. The molecule has 1 saturated heterocycles. The number of hydrogen-bond donors (Lipinski definition) is 2. The molecule has 0 spiro atoms. The lowest BCUT2D eigenvalue weighted by atomic mass is 9.91. The number of amides is 2. The van der Waals surface area contributed by atoms with Gasteiger partial charge in [-0.15, -0.1) is 0 Å². The number of likely N-dealkylation sites (N-methyl/N-ethyl adjacent to an activating group) is 1. The smallest absolute Gasteiger partial charge is 0.253 e. The second kappa shape index (κ2) is 9.95. The van der Waals surface area contributed by atoms with E-state index in [1.807, 2.05) is 29.2 Å². The van der Waals surface area contributed by atoms with Gasteiger partial charge in [-0.05, 0) is 72.4 Å². The molecule has 170 valence electrons. The van der Waals surface area contributed by atoms with E-state index in [0.29, 0.717) is 17.9 Å². The van der Waals surface area contributed by atoms with Gasteiger partial charge < -0.3 is 20.9 Å². The van der Waals surface area contributed by atoms with Gasteiger partial charge in [0.1, 0.15) is 0 Å². The maximum atomic E-state index is 12.7. The Bertz CT molecular complexity index is 975. The molecule has 1 aliphatic heterocycles. The molecule has 1 aromatic heterocycles. The van der Waals surface area contributed by atoms with E-state index in [1.165, 1.54) is 0 Å². The van der Waals surface area contributed by atoms with Crippen LogP contribution >= 0.6 is 15.9 Å². The lowest BCUT2D eigenvalue weighted by Crippen LogP contribution is -2.47. The number of nitrogens with two attached hydrogens (primary N) is 1. The number of carbonyl (C=O) groups excluding carboxylic acids is 2. The van der Waals surface area contributed by atoms with Gasteiger partial charge in [0.05, 0.1) is 10.2 Å². The normalized spacial score (nSPS) is 21.5. The highest BCUT2D eigenvalue weighted by Gasteiger charge is 2.32. The third-order valence-corrected chi connectivity index (χ3v) is 7.14. The van der Waals surface area contributed by atoms with Crippen molar-refractivity contribution >= 4 is 39.4 Å². The lowest BCUT2D eigenvalue weighted by Gasteiger charge is -2.32. The molecule has 2 heterocycles. The number of primary amides is 1. The number of aromatic nitrogens is 2. The Morgan fingerprint density at radius 2 is 1.88 bits per heavy atom. The Kier molecular flexibility index (Phi) is 7.05. The molecule has 2 aromatic rings. The minimum Gasteiger partial charge on any atom is -0.369 e. The number of anilines is 2. The molecule has 2 fully saturated rings. The first-order chi connectivity index (χ1) is 15.4. The summed E-state index contributed by atoms with van der Waals surface area (Å²) in [6.45, 7) is 3.30. The maximum absolute atomic E-state index is 12.7. The molecule has 0 radical (unpaired) electrons. The third-order valence-electron chi connectivity index (χ3n) is 6.48. The van der Waals surface area contributed by atoms with Gasteiger partial charge in [0.2, 0.25) is 11.9 Å². The van der Waals surface area contributed by atoms with Gasteiger partial charge in [-0.1, -0.05) is 6.42 Å². The Hall–Kier alpha value is -2.52. The number of piperazine rings is 1. The molecule has 3 N–H and O–H groups in total. The van der Waals surface area contributed by atoms with Crippen LogP contribution in [-0.4, -0.2) is 64.8 Å². The second-order valence-electron chi connectivity index (χ2n) is 8.69. The van der Waals surface area contributed by atoms with Crippen LogP contribution in [0.4, 0.5) is 11.6 Å². The van der Waals surface area contributed by atoms with E-state index in [9.17, 15) is 9.59 Å². The summed E-state index contributed by atoms with van der Waals surface area (Å²) in [4.78, 5) is 37.6. The number of carbonyl (C=O) groups is 2. The molecule has 1 aromatic carbocycles. The van der Waals surface area contributed by atoms with Crippen LogP contribution < -0.4 is 11.1 Å². The van der Waals surface area contributed by atoms with Crippen molar-refractivity contribution in [2.75, 3.05) is 38.5 Å². The van der Waals surface area contributed by atoms with Crippen molar-refractivity contribution in [3.63, 3.8) is 0 Å². The first-order valence-corrected chi connectivity index (χ1v) is 11.9. The van der Waals surface area contributed by atoms with Gasteiger partial charge in [0, 0.05) is 49.5 Å². The molecular weight excluding hydrogens is 472 g/mol. The molecule has 4 rings (SSSR count). The highest BCUT2D eigenvalue weighted by molar-refractivity contribution is 9.10. The van der Waals surface area contributed by atoms with Crippen LogP contribution in [0, 0.1) is 11.8 Å². The zero-order valence-corrected chi connectivity index (χ0v) is 19.8. The molecule has 1 aliphatic carbocycles. The van der Waals surface area contributed by atoms with Crippen molar-refractivity contribution in [1.82, 2.24) is 19.8 Å². The van der Waals surface area contributed by atoms with Crippen molar-refractivity contribution in [3.8, 4) is 0 Å². The van der Waals surface area contributed by atoms with Gasteiger partial charge in [-0.3, -0.25) is 9.59 Å². The quantitative estimate of drug-likeness (QED) is 0.631. The SMILES string of the molecule is CN1CCN(C(=O)c2ccc(Nc3ncc(Br)c(C[C@@H]4CCC[C@@H]4C(N)=O)n3)cc2)CC1. The number of benzene rings is 1. The molecule has 0 unspecified atom stereocenters. The van der Waals surface area contributed by atoms with Crippen LogP contribution in [0.2, 0.25) is 0 Å². The number of rotatable bonds is 6. The molecule has 8 nitrogen and oxygen atoms in total. The first-order valence-electron chi connectivity index (χ1n) is 11.1. The van der Waals surface area contributed by atoms with E-state index >= 15 is 0 Å². The fourth-order valence-electron chi connectivity index (χ4n) is 4.53. The van der Waals surface area contributed by atoms with Crippen molar-refractivity contribution in [1.29, 1.82) is 0 Å². The predicted molar refractivity (Wildman–Crippen MR) is 127 cm³/mol. The van der Waals surface area contributed by atoms with Crippen molar-refractivity contribution in [2.45, 2.75) is 25.7 Å². The maximum Gasteiger partial charge on any atom is 0.253 e. The molecule has 9 heteroatoms. The predicted octanol–water partition coefficient (Wildman–Crippen LogP) is 2.81. The summed E-state index contributed by atoms with van der Waals surface area (Å²) in [5.74, 6) is 0.453. The van der Waals surface area contributed by atoms with Crippen LogP contribution in [-0.2, 0) is 11.2 Å². The van der Waals surface area contributed by atoms with Crippen LogP contribution in [0.3, 0.4) is 0 Å². The summed E-state index contributed by atoms with van der Waals surface area (Å²) in [6, 6.07) is 7.40. The summed E-state index contributed by atoms with van der Waals surface area (Å²) < 4.78 is 0.825. The fourth-order valence-corrected chi connectivity index (χ4v) is 4.88. The highest BCUT2D eigenvalue weighted by Crippen LogP contribution is 2.35. The zero-order valence-electron chi connectivity index (χ0n) is 18.3. The van der Waals surface area contributed by atoms with Crippen molar-refractivity contribution < 1.29 is 9.59 Å². The second-order valence-corrected chi connectivity index (χ2v) is 9.54. The van der Waals surface area contributed by atoms with E-state index in [4.69, 9.17) is 5.73 Å². The molecule has 1 saturated carbocycles. The Morgan fingerprint density at radius 1 is 1.16 bits per heavy atom. The number of nitrogens with zero attached hydrogens (tertiary/aromatic N) is 4. The Morgan fingerprint density at radius 3 is 2.56 bits per heavy atom. The summed E-state index contributed by atoms with van der Waals surface area (Å²) in [5.41, 5.74) is 7.92. The van der Waals surface area contributed by atoms with E-state index in [1.54, 1.807) is 6.20 Å². The van der Waals surface area contributed by atoms with E-state index in [2.05, 4.69) is 43.2 Å². The Balaban J connectivity index is 1.41. The summed E-state index contributed by atoms with van der Waals surface area (Å²) in [5, 5.41) is 3.22. The minimum absolute atomic E-state index is 0.0624. The van der Waals surface area contributed by atoms with E-state index in [0.717, 1.165) is 61.3 Å². The van der Waals surface area contributed by atoms with Crippen LogP contribution in [0.1, 0.15) is 35.3 Å². The largest absolute Gasteiger partial charge is 0.369 e. The first kappa shape index (κ1) is 22.7. The summed E-state index contributed by atoms with van der Waals surface area (Å²) in [6.07, 6.45) is 5.27. The van der Waals surface area contributed by atoms with E-state index < -0.39 is 0 Å². The topological polar surface area (TPSA) is 104 Å². The lowest BCUT2D eigenvalue weighted by molar-refractivity contribution is -0.122. The van der Waals surface area contributed by atoms with Crippen LogP contribution in [0.25, 0.3) is 0 Å². The molecule has 2 amide bonds. The number of hydrogen-bond acceptors (Lipinski definition) is 6. The summed E-state index contributed by atoms with van der Waals surface area (Å²) in [7, 11) is 2.07. The number of nitrogens with one attached hydrogen (secondary N) is 1. The minimum atomic E-state index is -0.220. The fraction of sp³-hybridized carbons (Fsp3) is 0.478. The molecule has 2 atom stereocenters. The van der Waals surface area contributed by atoms with Crippen molar-refractivity contribution in [3.05, 3.63) is 46.2 Å². The average molecular weight is 501 g/mol. The van der Waals surface area contributed by atoms with Crippen LogP contribution in [0.5, 0.6) is 0 Å². The van der Waals surface area contributed by atoms with Gasteiger partial charge in [0.25, 0.3) is 5.91 Å². The van der Waals surface area contributed by atoms with Gasteiger partial charge in [-0.2, -0.15) is 0 Å². The average Bonchev–Trinajstić information content (AvgIpc) is 3.25. The van der Waals surface area contributed by atoms with E-state index in [-0.39, 0.29) is 23.7 Å². The standard InChI is InChI=1S/C23H29BrN6O2/c1-29-9-11-30(12-10-29)22(32)15-5-7-17(8-6-15)27-23-26-14-19(24)20(28-23)13-16-3-2-4-18(16)21(25)31/h5-8,14,16,18H,2-4,9-13H2,1H3,(H2,25,31)(H,26,27,28)/t16-,18-/m0/s1.